The number of benzene rings is 2. The van der Waals surface area contributed by atoms with Crippen LogP contribution in [0.5, 0.6) is 11.5 Å². The van der Waals surface area contributed by atoms with Crippen LogP contribution in [0, 0.1) is 0 Å². The number of hydrogen-bond acceptors (Lipinski definition) is 3. The van der Waals surface area contributed by atoms with Crippen molar-refractivity contribution in [2.75, 3.05) is 7.05 Å². The molecule has 0 fully saturated rings. The van der Waals surface area contributed by atoms with Gasteiger partial charge in [0.1, 0.15) is 16.5 Å². The summed E-state index contributed by atoms with van der Waals surface area (Å²) in [5, 5.41) is 9.94. The van der Waals surface area contributed by atoms with Crippen LogP contribution in [0.1, 0.15) is 12.5 Å². The number of phenols is 1. The maximum Gasteiger partial charge on any atom is 0.263 e. The maximum absolute atomic E-state index is 12.4. The molecule has 2 aromatic carbocycles. The lowest BCUT2D eigenvalue weighted by Gasteiger charge is -2.22. The predicted molar refractivity (Wildman–Crippen MR) is 91.1 cm³/mol. The average Bonchev–Trinajstić information content (AvgIpc) is 2.53. The van der Waals surface area contributed by atoms with E-state index in [1.807, 2.05) is 0 Å². The third kappa shape index (κ3) is 4.53. The number of ether oxygens (including phenoxy) is 1. The van der Waals surface area contributed by atoms with Crippen LogP contribution in [0.15, 0.2) is 42.5 Å². The second-order valence-corrected chi connectivity index (χ2v) is 5.96. The molecule has 0 aliphatic heterocycles. The van der Waals surface area contributed by atoms with Gasteiger partial charge in [-0.1, -0.05) is 41.4 Å². The number of amides is 1. The highest BCUT2D eigenvalue weighted by Gasteiger charge is 2.20. The van der Waals surface area contributed by atoms with Crippen LogP contribution < -0.4 is 4.74 Å². The van der Waals surface area contributed by atoms with Gasteiger partial charge in [0.2, 0.25) is 0 Å². The topological polar surface area (TPSA) is 49.8 Å². The minimum atomic E-state index is -0.701. The monoisotopic (exact) mass is 353 g/mol. The van der Waals surface area contributed by atoms with Gasteiger partial charge in [0.05, 0.1) is 5.02 Å². The fraction of sp³-hybridized carbons (Fsp3) is 0.235. The van der Waals surface area contributed by atoms with Crippen molar-refractivity contribution in [3.05, 3.63) is 58.1 Å². The third-order valence-corrected chi connectivity index (χ3v) is 4.10. The van der Waals surface area contributed by atoms with Gasteiger partial charge in [0, 0.05) is 13.6 Å². The number of rotatable bonds is 5. The summed E-state index contributed by atoms with van der Waals surface area (Å²) in [5.74, 6) is 0.377. The zero-order valence-corrected chi connectivity index (χ0v) is 14.3. The number of nitrogens with zero attached hydrogens (tertiary/aromatic N) is 1. The van der Waals surface area contributed by atoms with Crippen molar-refractivity contribution in [2.24, 2.45) is 0 Å². The molecule has 0 spiro atoms. The Bertz CT molecular complexity index is 689. The molecule has 1 unspecified atom stereocenters. The molecule has 0 bridgehead atoms. The van der Waals surface area contributed by atoms with Gasteiger partial charge in [-0.15, -0.1) is 0 Å². The number of hydrogen-bond donors (Lipinski definition) is 1. The molecule has 1 N–H and O–H groups in total. The fourth-order valence-corrected chi connectivity index (χ4v) is 2.42. The molecule has 0 aliphatic carbocycles. The van der Waals surface area contributed by atoms with Crippen LogP contribution in [0.3, 0.4) is 0 Å². The van der Waals surface area contributed by atoms with E-state index in [1.165, 1.54) is 0 Å². The van der Waals surface area contributed by atoms with Gasteiger partial charge in [-0.2, -0.15) is 0 Å². The van der Waals surface area contributed by atoms with Gasteiger partial charge in [0.25, 0.3) is 5.91 Å². The molecule has 4 nitrogen and oxygen atoms in total. The lowest BCUT2D eigenvalue weighted by Crippen LogP contribution is -2.37. The first-order chi connectivity index (χ1) is 10.9. The van der Waals surface area contributed by atoms with Crippen molar-refractivity contribution in [3.8, 4) is 11.5 Å². The second-order valence-electron chi connectivity index (χ2n) is 5.17. The van der Waals surface area contributed by atoms with Crippen LogP contribution >= 0.6 is 23.2 Å². The third-order valence-electron chi connectivity index (χ3n) is 3.30. The average molecular weight is 354 g/mol. The predicted octanol–water partition coefficient (Wildman–Crippen LogP) is 4.12. The van der Waals surface area contributed by atoms with E-state index in [0.29, 0.717) is 17.3 Å². The molecule has 2 aromatic rings. The minimum Gasteiger partial charge on any atom is -0.508 e. The zero-order valence-electron chi connectivity index (χ0n) is 12.8. The van der Waals surface area contributed by atoms with Crippen molar-refractivity contribution < 1.29 is 14.6 Å². The molecule has 2 rings (SSSR count). The first-order valence-corrected chi connectivity index (χ1v) is 7.77. The Morgan fingerprint density at radius 2 is 1.87 bits per heavy atom. The van der Waals surface area contributed by atoms with E-state index in [2.05, 4.69) is 0 Å². The highest BCUT2D eigenvalue weighted by molar-refractivity contribution is 6.42. The molecule has 0 aromatic heterocycles. The van der Waals surface area contributed by atoms with E-state index in [-0.39, 0.29) is 16.7 Å². The fourth-order valence-electron chi connectivity index (χ4n) is 2.08. The van der Waals surface area contributed by atoms with Crippen LogP contribution in [0.2, 0.25) is 10.0 Å². The second kappa shape index (κ2) is 7.57. The van der Waals surface area contributed by atoms with Crippen LogP contribution in [-0.4, -0.2) is 29.1 Å². The summed E-state index contributed by atoms with van der Waals surface area (Å²) in [7, 11) is 1.69. The molecule has 0 radical (unpaired) electrons. The molecule has 1 atom stereocenters. The summed E-state index contributed by atoms with van der Waals surface area (Å²) in [6, 6.07) is 11.7. The van der Waals surface area contributed by atoms with Crippen molar-refractivity contribution in [1.29, 1.82) is 0 Å². The van der Waals surface area contributed by atoms with E-state index in [9.17, 15) is 9.90 Å². The lowest BCUT2D eigenvalue weighted by atomic mass is 10.2. The van der Waals surface area contributed by atoms with Gasteiger partial charge in [0.15, 0.2) is 6.10 Å². The molecular formula is C17H17Cl2NO3. The summed E-state index contributed by atoms with van der Waals surface area (Å²) >= 11 is 12.0. The molecule has 0 heterocycles. The summed E-state index contributed by atoms with van der Waals surface area (Å²) < 4.78 is 5.62. The summed E-state index contributed by atoms with van der Waals surface area (Å²) in [4.78, 5) is 13.9. The number of carbonyl (C=O) groups excluding carboxylic acids is 1. The highest BCUT2D eigenvalue weighted by atomic mass is 35.5. The van der Waals surface area contributed by atoms with Crippen LogP contribution in [0.25, 0.3) is 0 Å². The smallest absolute Gasteiger partial charge is 0.263 e. The van der Waals surface area contributed by atoms with Crippen molar-refractivity contribution in [1.82, 2.24) is 4.90 Å². The Hall–Kier alpha value is -1.91. The highest BCUT2D eigenvalue weighted by Crippen LogP contribution is 2.32. The van der Waals surface area contributed by atoms with Crippen LogP contribution in [0.4, 0.5) is 0 Å². The van der Waals surface area contributed by atoms with Crippen molar-refractivity contribution in [2.45, 2.75) is 19.6 Å². The summed E-state index contributed by atoms with van der Waals surface area (Å²) in [6.45, 7) is 2.07. The minimum absolute atomic E-state index is 0.186. The standard InChI is InChI=1S/C17H17Cl2NO3/c1-11(23-15-5-3-4-14(18)16(15)19)17(22)20(2)10-12-6-8-13(21)9-7-12/h3-9,11,21H,10H2,1-2H3. The molecule has 0 aliphatic rings. The Kier molecular flexibility index (Phi) is 5.74. The molecule has 0 saturated heterocycles. The van der Waals surface area contributed by atoms with Gasteiger partial charge in [-0.05, 0) is 36.8 Å². The van der Waals surface area contributed by atoms with E-state index in [1.54, 1.807) is 61.3 Å². The van der Waals surface area contributed by atoms with E-state index >= 15 is 0 Å². The van der Waals surface area contributed by atoms with Gasteiger partial charge in [-0.3, -0.25) is 4.79 Å². The Balaban J connectivity index is 2.01. The Labute approximate surface area is 145 Å². The summed E-state index contributed by atoms with van der Waals surface area (Å²) in [6.07, 6.45) is -0.701. The SMILES string of the molecule is CC(Oc1cccc(Cl)c1Cl)C(=O)N(C)Cc1ccc(O)cc1. The van der Waals surface area contributed by atoms with Crippen LogP contribution in [-0.2, 0) is 11.3 Å². The lowest BCUT2D eigenvalue weighted by molar-refractivity contribution is -0.137. The Morgan fingerprint density at radius 1 is 1.22 bits per heavy atom. The van der Waals surface area contributed by atoms with E-state index in [0.717, 1.165) is 5.56 Å². The van der Waals surface area contributed by atoms with E-state index in [4.69, 9.17) is 27.9 Å². The van der Waals surface area contributed by atoms with Crippen molar-refractivity contribution >= 4 is 29.1 Å². The number of likely N-dealkylation sites (N-methyl/N-ethyl adjacent to an activating group) is 1. The normalized spacial score (nSPS) is 11.8. The number of aromatic hydroxyl groups is 1. The molecule has 0 saturated carbocycles. The first-order valence-electron chi connectivity index (χ1n) is 7.02. The molecule has 23 heavy (non-hydrogen) atoms. The number of phenolic OH excluding ortho intramolecular Hbond substituents is 1. The zero-order chi connectivity index (χ0) is 17.0. The Morgan fingerprint density at radius 3 is 2.52 bits per heavy atom. The first kappa shape index (κ1) is 17.4. The number of halogens is 2. The quantitative estimate of drug-likeness (QED) is 0.879. The largest absolute Gasteiger partial charge is 0.508 e. The molecule has 122 valence electrons. The molecule has 1 amide bonds. The molecule has 6 heteroatoms. The van der Waals surface area contributed by atoms with Gasteiger partial charge < -0.3 is 14.7 Å². The van der Waals surface area contributed by atoms with E-state index < -0.39 is 6.10 Å². The maximum atomic E-state index is 12.4. The van der Waals surface area contributed by atoms with Gasteiger partial charge in [-0.25, -0.2) is 0 Å². The molecular weight excluding hydrogens is 337 g/mol. The summed E-state index contributed by atoms with van der Waals surface area (Å²) in [5.41, 5.74) is 0.909. The van der Waals surface area contributed by atoms with Crippen molar-refractivity contribution in [3.63, 3.8) is 0 Å². The van der Waals surface area contributed by atoms with Gasteiger partial charge >= 0.3 is 0 Å². The number of carbonyl (C=O) groups is 1.